The van der Waals surface area contributed by atoms with Gasteiger partial charge < -0.3 is 5.91 Å². The Morgan fingerprint density at radius 1 is 1.42 bits per heavy atom. The first kappa shape index (κ1) is 21.3. The topological polar surface area (TPSA) is 92.1 Å². The van der Waals surface area contributed by atoms with Crippen LogP contribution >= 0.6 is 0 Å². The minimum atomic E-state index is -5.67. The molecule has 0 fully saturated rings. The smallest absolute Gasteiger partial charge is 1.00 e. The Kier molecular flexibility index (Phi) is 8.59. The Hall–Kier alpha value is -0.0300. The van der Waals surface area contributed by atoms with Crippen molar-refractivity contribution in [2.75, 3.05) is 27.7 Å². The molecule has 0 spiro atoms. The number of hydrogen-bond acceptors (Lipinski definition) is 4. The van der Waals surface area contributed by atoms with E-state index in [1.807, 2.05) is 0 Å². The molecule has 0 aromatic heterocycles. The number of nitrogens with zero attached hydrogens (tertiary/aromatic N) is 4. The molecule has 108 valence electrons. The quantitative estimate of drug-likeness (QED) is 0.0891. The van der Waals surface area contributed by atoms with E-state index in [9.17, 15) is 21.6 Å². The Balaban J connectivity index is -0.00000144. The maximum atomic E-state index is 12.2. The third-order valence-electron chi connectivity index (χ3n) is 1.92. The van der Waals surface area contributed by atoms with E-state index in [4.69, 9.17) is 5.53 Å². The van der Waals surface area contributed by atoms with Gasteiger partial charge in [-0.3, -0.25) is 0 Å². The Bertz CT molecular complexity index is 434. The molecule has 19 heavy (non-hydrogen) atoms. The summed E-state index contributed by atoms with van der Waals surface area (Å²) in [6.07, 6.45) is -1.44. The van der Waals surface area contributed by atoms with Crippen LogP contribution < -0.4 is 29.6 Å². The molecule has 0 radical (unpaired) electrons. The fourth-order valence-electron chi connectivity index (χ4n) is 0.978. The molecule has 0 heterocycles. The van der Waals surface area contributed by atoms with Crippen LogP contribution in [0.3, 0.4) is 0 Å². The van der Waals surface area contributed by atoms with Crippen LogP contribution in [0.5, 0.6) is 0 Å². The Labute approximate surface area is 132 Å². The molecule has 1 unspecified atom stereocenters. The zero-order valence-electron chi connectivity index (χ0n) is 12.0. The SMILES string of the molecule is C[N+](C)(C)C(CCN=[N+]=[N-])OS(=O)(=O)C(F)(F)F.[H-].[Na+]. The summed E-state index contributed by atoms with van der Waals surface area (Å²) < 4.78 is 62.2. The van der Waals surface area contributed by atoms with Gasteiger partial charge in [-0.05, 0) is 5.53 Å². The molecule has 0 saturated heterocycles. The second kappa shape index (κ2) is 7.67. The van der Waals surface area contributed by atoms with Gasteiger partial charge in [-0.25, -0.2) is 4.18 Å². The standard InChI is InChI=1S/C7H14F3N4O3S.Na.H/c1-14(2,3)6(4-5-12-13-11)17-18(15,16)7(8,9)10;;/h6H,4-5H2,1-3H3;;/q2*+1;-1. The summed E-state index contributed by atoms with van der Waals surface area (Å²) in [7, 11) is -1.27. The normalized spacial score (nSPS) is 14.2. The monoisotopic (exact) mass is 315 g/mol. The summed E-state index contributed by atoms with van der Waals surface area (Å²) in [5.74, 6) is 0. The minimum absolute atomic E-state index is 0. The molecule has 12 heteroatoms. The van der Waals surface area contributed by atoms with Gasteiger partial charge in [-0.15, -0.1) is 0 Å². The molecule has 0 aliphatic heterocycles. The first-order valence-corrected chi connectivity index (χ1v) is 6.14. The average Bonchev–Trinajstić information content (AvgIpc) is 2.13. The van der Waals surface area contributed by atoms with Crippen LogP contribution in [0.4, 0.5) is 13.2 Å². The van der Waals surface area contributed by atoms with Crippen molar-refractivity contribution in [2.24, 2.45) is 5.11 Å². The van der Waals surface area contributed by atoms with E-state index in [0.717, 1.165) is 0 Å². The first-order valence-electron chi connectivity index (χ1n) is 4.73. The number of quaternary nitrogens is 1. The average molecular weight is 315 g/mol. The van der Waals surface area contributed by atoms with E-state index in [1.54, 1.807) is 0 Å². The van der Waals surface area contributed by atoms with E-state index in [0.29, 0.717) is 0 Å². The van der Waals surface area contributed by atoms with Crippen LogP contribution in [0.25, 0.3) is 10.4 Å². The summed E-state index contributed by atoms with van der Waals surface area (Å²) in [6, 6.07) is 0. The van der Waals surface area contributed by atoms with Gasteiger partial charge in [0.05, 0.1) is 21.1 Å². The minimum Gasteiger partial charge on any atom is -1.00 e. The molecule has 0 saturated carbocycles. The van der Waals surface area contributed by atoms with Gasteiger partial charge in [-0.2, -0.15) is 21.6 Å². The van der Waals surface area contributed by atoms with Crippen molar-refractivity contribution in [3.8, 4) is 0 Å². The second-order valence-corrected chi connectivity index (χ2v) is 5.87. The maximum absolute atomic E-state index is 12.2. The van der Waals surface area contributed by atoms with Crippen LogP contribution in [0.15, 0.2) is 5.11 Å². The second-order valence-electron chi connectivity index (χ2n) is 4.31. The van der Waals surface area contributed by atoms with Crippen molar-refractivity contribution in [1.82, 2.24) is 0 Å². The molecule has 0 amide bonds. The van der Waals surface area contributed by atoms with E-state index in [1.165, 1.54) is 21.1 Å². The Morgan fingerprint density at radius 3 is 2.21 bits per heavy atom. The summed E-state index contributed by atoms with van der Waals surface area (Å²) in [5, 5.41) is 3.13. The van der Waals surface area contributed by atoms with E-state index >= 15 is 0 Å². The summed E-state index contributed by atoms with van der Waals surface area (Å²) in [5.41, 5.74) is 2.58. The van der Waals surface area contributed by atoms with Gasteiger partial charge in [0.15, 0.2) is 0 Å². The number of halogens is 3. The summed E-state index contributed by atoms with van der Waals surface area (Å²) >= 11 is 0. The molecule has 0 aromatic rings. The molecule has 0 N–H and O–H groups in total. The van der Waals surface area contributed by atoms with Gasteiger partial charge in [0.25, 0.3) is 0 Å². The van der Waals surface area contributed by atoms with Crippen molar-refractivity contribution in [3.05, 3.63) is 10.4 Å². The molecule has 1 atom stereocenters. The van der Waals surface area contributed by atoms with E-state index < -0.39 is 21.9 Å². The third-order valence-corrected chi connectivity index (χ3v) is 2.97. The van der Waals surface area contributed by atoms with Gasteiger partial charge in [-0.1, -0.05) is 5.11 Å². The van der Waals surface area contributed by atoms with Crippen LogP contribution in [0, 0.1) is 0 Å². The largest absolute Gasteiger partial charge is 1.00 e. The van der Waals surface area contributed by atoms with E-state index in [2.05, 4.69) is 14.2 Å². The van der Waals surface area contributed by atoms with Crippen molar-refractivity contribution in [3.63, 3.8) is 0 Å². The molecule has 0 aromatic carbocycles. The predicted octanol–water partition coefficient (Wildman–Crippen LogP) is -1.30. The Morgan fingerprint density at radius 2 is 1.89 bits per heavy atom. The molecular formula is C7H15F3N4NaO3S+. The van der Waals surface area contributed by atoms with Crippen molar-refractivity contribution in [1.29, 1.82) is 0 Å². The van der Waals surface area contributed by atoms with Gasteiger partial charge >= 0.3 is 45.2 Å². The molecule has 7 nitrogen and oxygen atoms in total. The molecule has 0 rings (SSSR count). The third kappa shape index (κ3) is 7.35. The van der Waals surface area contributed by atoms with Crippen LogP contribution in [0.1, 0.15) is 7.85 Å². The predicted molar refractivity (Wildman–Crippen MR) is 57.6 cm³/mol. The van der Waals surface area contributed by atoms with Crippen LogP contribution in [0.2, 0.25) is 0 Å². The summed E-state index contributed by atoms with van der Waals surface area (Å²) in [4.78, 5) is 2.43. The van der Waals surface area contributed by atoms with Gasteiger partial charge in [0.1, 0.15) is 0 Å². The van der Waals surface area contributed by atoms with Crippen molar-refractivity contribution in [2.45, 2.75) is 18.2 Å². The number of hydrogen-bond donors (Lipinski definition) is 0. The molecule has 0 aliphatic carbocycles. The van der Waals surface area contributed by atoms with Gasteiger partial charge in [0.2, 0.25) is 6.23 Å². The fraction of sp³-hybridized carbons (Fsp3) is 1.00. The molecule has 0 aliphatic rings. The summed E-state index contributed by atoms with van der Waals surface area (Å²) in [6.45, 7) is -0.163. The van der Waals surface area contributed by atoms with Crippen molar-refractivity contribution < 1.29 is 61.2 Å². The molecule has 0 bridgehead atoms. The van der Waals surface area contributed by atoms with Gasteiger partial charge in [0, 0.05) is 17.9 Å². The number of rotatable bonds is 6. The number of alkyl halides is 3. The van der Waals surface area contributed by atoms with E-state index in [-0.39, 0.29) is 48.4 Å². The first-order chi connectivity index (χ1) is 7.92. The molecular weight excluding hydrogens is 300 g/mol. The zero-order valence-corrected chi connectivity index (χ0v) is 13.9. The maximum Gasteiger partial charge on any atom is 1.00 e. The van der Waals surface area contributed by atoms with Crippen molar-refractivity contribution >= 4 is 10.1 Å². The zero-order chi connectivity index (χ0) is 14.6. The van der Waals surface area contributed by atoms with Crippen LogP contribution in [-0.2, 0) is 14.3 Å². The fourth-order valence-corrected chi connectivity index (χ4v) is 1.73. The van der Waals surface area contributed by atoms with Crippen LogP contribution in [-0.4, -0.2) is 52.3 Å². The number of azide groups is 1.